The van der Waals surface area contributed by atoms with Crippen LogP contribution >= 0.6 is 0 Å². The normalized spacial score (nSPS) is 13.4. The maximum Gasteiger partial charge on any atom is 0.0705 e. The van der Waals surface area contributed by atoms with Gasteiger partial charge in [-0.05, 0) is 17.4 Å². The largest absolute Gasteiger partial charge is 0.301 e. The van der Waals surface area contributed by atoms with Gasteiger partial charge in [-0.15, -0.1) is 0 Å². The molecule has 1 aromatic rings. The molecule has 0 saturated heterocycles. The molecule has 0 aromatic heterocycles. The van der Waals surface area contributed by atoms with Gasteiger partial charge in [0.15, 0.2) is 0 Å². The zero-order valence-electron chi connectivity index (χ0n) is 10.7. The highest BCUT2D eigenvalue weighted by molar-refractivity contribution is 5.18. The zero-order valence-corrected chi connectivity index (χ0v) is 10.7. The van der Waals surface area contributed by atoms with E-state index < -0.39 is 0 Å². The van der Waals surface area contributed by atoms with Crippen LogP contribution in [0.15, 0.2) is 30.3 Å². The summed E-state index contributed by atoms with van der Waals surface area (Å²) in [6.07, 6.45) is 0. The lowest BCUT2D eigenvalue weighted by Crippen LogP contribution is -2.27. The van der Waals surface area contributed by atoms with E-state index in [0.29, 0.717) is 11.8 Å². The molecule has 1 atom stereocenters. The second-order valence-electron chi connectivity index (χ2n) is 4.96. The van der Waals surface area contributed by atoms with Crippen molar-refractivity contribution in [1.82, 2.24) is 5.48 Å². The van der Waals surface area contributed by atoms with Crippen LogP contribution in [0.3, 0.4) is 0 Å². The minimum Gasteiger partial charge on any atom is -0.301 e. The van der Waals surface area contributed by atoms with E-state index in [2.05, 4.69) is 57.4 Å². The molecule has 0 saturated carbocycles. The Morgan fingerprint density at radius 2 is 1.69 bits per heavy atom. The first-order valence-corrected chi connectivity index (χ1v) is 6.03. The summed E-state index contributed by atoms with van der Waals surface area (Å²) in [6.45, 7) is 9.44. The molecule has 0 heterocycles. The van der Waals surface area contributed by atoms with Crippen molar-refractivity contribution in [2.45, 2.75) is 33.7 Å². The van der Waals surface area contributed by atoms with Gasteiger partial charge in [-0.3, -0.25) is 0 Å². The highest BCUT2D eigenvalue weighted by Gasteiger charge is 2.15. The van der Waals surface area contributed by atoms with Crippen molar-refractivity contribution in [3.63, 3.8) is 0 Å². The van der Waals surface area contributed by atoms with Crippen molar-refractivity contribution < 1.29 is 4.84 Å². The second-order valence-corrected chi connectivity index (χ2v) is 4.96. The van der Waals surface area contributed by atoms with Crippen LogP contribution in [0.25, 0.3) is 0 Å². The molecule has 1 N–H and O–H groups in total. The molecule has 0 amide bonds. The Labute approximate surface area is 99.0 Å². The van der Waals surface area contributed by atoms with Crippen molar-refractivity contribution in [3.05, 3.63) is 35.9 Å². The third-order valence-electron chi connectivity index (χ3n) is 2.45. The van der Waals surface area contributed by atoms with E-state index in [1.54, 1.807) is 0 Å². The molecule has 90 valence electrons. The third-order valence-corrected chi connectivity index (χ3v) is 2.45. The molecule has 0 radical (unpaired) electrons. The number of hydroxylamine groups is 1. The summed E-state index contributed by atoms with van der Waals surface area (Å²) in [5, 5.41) is 0. The molecule has 2 nitrogen and oxygen atoms in total. The summed E-state index contributed by atoms with van der Waals surface area (Å²) in [6, 6.07) is 10.7. The maximum absolute atomic E-state index is 5.52. The number of nitrogens with one attached hydrogen (secondary N) is 1. The van der Waals surface area contributed by atoms with Gasteiger partial charge < -0.3 is 4.84 Å². The molecular weight excluding hydrogens is 198 g/mol. The van der Waals surface area contributed by atoms with Gasteiger partial charge in [-0.2, -0.15) is 5.48 Å². The molecular formula is C14H23NO. The molecule has 0 bridgehead atoms. The Morgan fingerprint density at radius 1 is 1.06 bits per heavy atom. The molecule has 0 aliphatic heterocycles. The van der Waals surface area contributed by atoms with Gasteiger partial charge in [0.05, 0.1) is 12.6 Å². The van der Waals surface area contributed by atoms with Crippen molar-refractivity contribution in [2.24, 2.45) is 11.8 Å². The van der Waals surface area contributed by atoms with Crippen LogP contribution in [-0.4, -0.2) is 6.61 Å². The highest BCUT2D eigenvalue weighted by atomic mass is 16.6. The molecule has 1 rings (SSSR count). The van der Waals surface area contributed by atoms with Gasteiger partial charge in [0, 0.05) is 0 Å². The predicted octanol–water partition coefficient (Wildman–Crippen LogP) is 3.56. The summed E-state index contributed by atoms with van der Waals surface area (Å²) in [7, 11) is 0. The van der Waals surface area contributed by atoms with E-state index in [9.17, 15) is 0 Å². The molecule has 0 aliphatic rings. The monoisotopic (exact) mass is 221 g/mol. The van der Waals surface area contributed by atoms with Crippen LogP contribution in [0.5, 0.6) is 0 Å². The summed E-state index contributed by atoms with van der Waals surface area (Å²) < 4.78 is 0. The fourth-order valence-corrected chi connectivity index (χ4v) is 1.55. The topological polar surface area (TPSA) is 21.3 Å². The molecule has 0 spiro atoms. The first-order chi connectivity index (χ1) is 7.61. The third kappa shape index (κ3) is 4.33. The van der Waals surface area contributed by atoms with E-state index in [-0.39, 0.29) is 6.04 Å². The number of rotatable bonds is 6. The average molecular weight is 221 g/mol. The van der Waals surface area contributed by atoms with Gasteiger partial charge in [-0.1, -0.05) is 58.0 Å². The van der Waals surface area contributed by atoms with Crippen LogP contribution in [0, 0.1) is 11.8 Å². The first kappa shape index (κ1) is 13.2. The number of hydrogen-bond donors (Lipinski definition) is 1. The molecule has 2 heteroatoms. The molecule has 0 aliphatic carbocycles. The number of benzene rings is 1. The van der Waals surface area contributed by atoms with Gasteiger partial charge >= 0.3 is 0 Å². The number of hydrogen-bond acceptors (Lipinski definition) is 2. The van der Waals surface area contributed by atoms with Crippen molar-refractivity contribution in [1.29, 1.82) is 0 Å². The highest BCUT2D eigenvalue weighted by Crippen LogP contribution is 2.21. The zero-order chi connectivity index (χ0) is 12.0. The SMILES string of the molecule is CC(C)CONC(c1ccccc1)C(C)C. The predicted molar refractivity (Wildman–Crippen MR) is 67.9 cm³/mol. The van der Waals surface area contributed by atoms with E-state index in [1.807, 2.05) is 6.07 Å². The van der Waals surface area contributed by atoms with Crippen molar-refractivity contribution >= 4 is 0 Å². The van der Waals surface area contributed by atoms with Crippen molar-refractivity contribution in [3.8, 4) is 0 Å². The summed E-state index contributed by atoms with van der Waals surface area (Å²) in [5.74, 6) is 1.06. The van der Waals surface area contributed by atoms with E-state index >= 15 is 0 Å². The van der Waals surface area contributed by atoms with Gasteiger partial charge in [0.25, 0.3) is 0 Å². The lowest BCUT2D eigenvalue weighted by molar-refractivity contribution is -0.00987. The van der Waals surface area contributed by atoms with Crippen LogP contribution in [0.4, 0.5) is 0 Å². The van der Waals surface area contributed by atoms with Crippen LogP contribution < -0.4 is 5.48 Å². The minimum atomic E-state index is 0.264. The van der Waals surface area contributed by atoms with Crippen LogP contribution in [-0.2, 0) is 4.84 Å². The standard InChI is InChI=1S/C14H23NO/c1-11(2)10-16-15-14(12(3)4)13-8-6-5-7-9-13/h5-9,11-12,14-15H,10H2,1-4H3. The van der Waals surface area contributed by atoms with Crippen molar-refractivity contribution in [2.75, 3.05) is 6.61 Å². The van der Waals surface area contributed by atoms with E-state index in [0.717, 1.165) is 6.61 Å². The van der Waals surface area contributed by atoms with Gasteiger partial charge in [0.2, 0.25) is 0 Å². The lowest BCUT2D eigenvalue weighted by atomic mass is 9.97. The minimum absolute atomic E-state index is 0.264. The van der Waals surface area contributed by atoms with Gasteiger partial charge in [0.1, 0.15) is 0 Å². The Kier molecular flexibility index (Phi) is 5.50. The Balaban J connectivity index is 2.55. The fourth-order valence-electron chi connectivity index (χ4n) is 1.55. The second kappa shape index (κ2) is 6.66. The Hall–Kier alpha value is -0.860. The Bertz CT molecular complexity index is 282. The Morgan fingerprint density at radius 3 is 2.19 bits per heavy atom. The summed E-state index contributed by atoms with van der Waals surface area (Å²) in [4.78, 5) is 5.52. The smallest absolute Gasteiger partial charge is 0.0705 e. The van der Waals surface area contributed by atoms with Crippen LogP contribution in [0.1, 0.15) is 39.3 Å². The van der Waals surface area contributed by atoms with Gasteiger partial charge in [-0.25, -0.2) is 0 Å². The van der Waals surface area contributed by atoms with E-state index in [4.69, 9.17) is 4.84 Å². The molecule has 1 aromatic carbocycles. The maximum atomic E-state index is 5.52. The molecule has 16 heavy (non-hydrogen) atoms. The lowest BCUT2D eigenvalue weighted by Gasteiger charge is -2.23. The fraction of sp³-hybridized carbons (Fsp3) is 0.571. The first-order valence-electron chi connectivity index (χ1n) is 6.03. The summed E-state index contributed by atoms with van der Waals surface area (Å²) in [5.41, 5.74) is 4.45. The molecule has 1 unspecified atom stereocenters. The molecule has 0 fully saturated rings. The van der Waals surface area contributed by atoms with E-state index in [1.165, 1.54) is 5.56 Å². The quantitative estimate of drug-likeness (QED) is 0.742. The summed E-state index contributed by atoms with van der Waals surface area (Å²) >= 11 is 0. The van der Waals surface area contributed by atoms with Crippen LogP contribution in [0.2, 0.25) is 0 Å². The average Bonchev–Trinajstić information content (AvgIpc) is 2.25.